The smallest absolute Gasteiger partial charge is 0.248 e. The molecular weight excluding hydrogens is 286 g/mol. The fourth-order valence-corrected chi connectivity index (χ4v) is 4.11. The van der Waals surface area contributed by atoms with E-state index in [1.54, 1.807) is 11.3 Å². The largest absolute Gasteiger partial charge is 0.342 e. The van der Waals surface area contributed by atoms with Gasteiger partial charge in [-0.25, -0.2) is 4.98 Å². The molecule has 21 heavy (non-hydrogen) atoms. The molecule has 0 unspecified atom stereocenters. The topological polar surface area (TPSA) is 62.3 Å². The minimum absolute atomic E-state index is 0.00813. The zero-order chi connectivity index (χ0) is 14.9. The van der Waals surface area contributed by atoms with Crippen molar-refractivity contribution >= 4 is 23.2 Å². The fraction of sp³-hybridized carbons (Fsp3) is 0.667. The van der Waals surface area contributed by atoms with Crippen LogP contribution >= 0.6 is 11.3 Å². The summed E-state index contributed by atoms with van der Waals surface area (Å²) < 4.78 is 0. The lowest BCUT2D eigenvalue weighted by Crippen LogP contribution is -2.57. The van der Waals surface area contributed by atoms with Crippen LogP contribution in [0.15, 0.2) is 5.51 Å². The molecule has 1 aromatic rings. The lowest BCUT2D eigenvalue weighted by atomic mass is 9.80. The van der Waals surface area contributed by atoms with Gasteiger partial charge in [-0.3, -0.25) is 9.59 Å². The number of hydrogen-bond acceptors (Lipinski definition) is 4. The molecule has 3 rings (SSSR count). The number of aryl methyl sites for hydroxylation is 1. The summed E-state index contributed by atoms with van der Waals surface area (Å²) >= 11 is 1.58. The molecule has 0 radical (unpaired) electrons. The van der Waals surface area contributed by atoms with E-state index in [-0.39, 0.29) is 11.8 Å². The predicted molar refractivity (Wildman–Crippen MR) is 80.8 cm³/mol. The van der Waals surface area contributed by atoms with E-state index in [9.17, 15) is 9.59 Å². The Balaban J connectivity index is 1.84. The molecule has 1 saturated heterocycles. The zero-order valence-corrected chi connectivity index (χ0v) is 13.2. The summed E-state index contributed by atoms with van der Waals surface area (Å²) in [5, 5.41) is 3.03. The normalized spacial score (nSPS) is 22.2. The van der Waals surface area contributed by atoms with Gasteiger partial charge in [0.05, 0.1) is 17.7 Å². The van der Waals surface area contributed by atoms with Crippen LogP contribution in [0.1, 0.15) is 49.1 Å². The summed E-state index contributed by atoms with van der Waals surface area (Å²) in [6, 6.07) is 0. The molecule has 1 aliphatic heterocycles. The molecule has 5 nitrogen and oxygen atoms in total. The van der Waals surface area contributed by atoms with Gasteiger partial charge in [-0.05, 0) is 19.8 Å². The highest BCUT2D eigenvalue weighted by Crippen LogP contribution is 2.32. The third-order valence-electron chi connectivity index (χ3n) is 4.57. The van der Waals surface area contributed by atoms with E-state index in [4.69, 9.17) is 0 Å². The fourth-order valence-electron chi connectivity index (χ4n) is 3.32. The minimum atomic E-state index is -0.648. The molecule has 0 atom stereocenters. The van der Waals surface area contributed by atoms with Gasteiger partial charge in [-0.2, -0.15) is 0 Å². The molecule has 1 spiro atoms. The minimum Gasteiger partial charge on any atom is -0.342 e. The van der Waals surface area contributed by atoms with E-state index in [1.165, 1.54) is 0 Å². The van der Waals surface area contributed by atoms with Crippen LogP contribution < -0.4 is 5.32 Å². The van der Waals surface area contributed by atoms with Gasteiger partial charge in [0.25, 0.3) is 0 Å². The number of nitrogens with zero attached hydrogens (tertiary/aromatic N) is 2. The maximum Gasteiger partial charge on any atom is 0.248 e. The maximum atomic E-state index is 13.0. The second-order valence-corrected chi connectivity index (χ2v) is 6.97. The summed E-state index contributed by atoms with van der Waals surface area (Å²) in [5.74, 6) is 0.106. The van der Waals surface area contributed by atoms with Gasteiger partial charge < -0.3 is 10.2 Å². The summed E-state index contributed by atoms with van der Waals surface area (Å²) in [7, 11) is 0. The van der Waals surface area contributed by atoms with Crippen molar-refractivity contribution in [3.63, 3.8) is 0 Å². The second-order valence-electron chi connectivity index (χ2n) is 6.03. The van der Waals surface area contributed by atoms with Crippen LogP contribution in [-0.2, 0) is 16.1 Å². The maximum absolute atomic E-state index is 13.0. The molecule has 1 aliphatic carbocycles. The van der Waals surface area contributed by atoms with Crippen molar-refractivity contribution in [2.45, 2.75) is 57.5 Å². The van der Waals surface area contributed by atoms with Gasteiger partial charge in [0.2, 0.25) is 11.8 Å². The van der Waals surface area contributed by atoms with Crippen molar-refractivity contribution in [1.82, 2.24) is 15.2 Å². The number of nitrogens with one attached hydrogen (secondary N) is 1. The Kier molecular flexibility index (Phi) is 3.97. The Hall–Kier alpha value is -1.43. The summed E-state index contributed by atoms with van der Waals surface area (Å²) in [6.45, 7) is 3.05. The van der Waals surface area contributed by atoms with Crippen molar-refractivity contribution in [1.29, 1.82) is 0 Å². The van der Waals surface area contributed by atoms with Crippen LogP contribution in [0, 0.1) is 6.92 Å². The third kappa shape index (κ3) is 2.81. The first kappa shape index (κ1) is 14.5. The van der Waals surface area contributed by atoms with Gasteiger partial charge in [0.15, 0.2) is 0 Å². The molecule has 0 aromatic carbocycles. The van der Waals surface area contributed by atoms with E-state index in [0.29, 0.717) is 19.5 Å². The van der Waals surface area contributed by atoms with Crippen molar-refractivity contribution in [3.05, 3.63) is 16.1 Å². The lowest BCUT2D eigenvalue weighted by Gasteiger charge is -2.38. The molecule has 6 heteroatoms. The van der Waals surface area contributed by atoms with E-state index in [2.05, 4.69) is 10.3 Å². The van der Waals surface area contributed by atoms with Crippen LogP contribution in [-0.4, -0.2) is 33.8 Å². The Labute approximate surface area is 128 Å². The van der Waals surface area contributed by atoms with Gasteiger partial charge in [0, 0.05) is 17.8 Å². The summed E-state index contributed by atoms with van der Waals surface area (Å²) in [6.07, 6.45) is 5.12. The number of aromatic nitrogens is 1. The first-order valence-corrected chi connectivity index (χ1v) is 8.48. The first-order valence-electron chi connectivity index (χ1n) is 7.60. The molecule has 2 amide bonds. The molecule has 1 N–H and O–H groups in total. The molecule has 114 valence electrons. The average Bonchev–Trinajstić information content (AvgIpc) is 2.84. The monoisotopic (exact) mass is 307 g/mol. The number of rotatable bonds is 2. The Morgan fingerprint density at radius 1 is 1.33 bits per heavy atom. The van der Waals surface area contributed by atoms with E-state index in [0.717, 1.165) is 42.7 Å². The number of amides is 2. The summed E-state index contributed by atoms with van der Waals surface area (Å²) in [5.41, 5.74) is 2.14. The molecule has 2 heterocycles. The third-order valence-corrected chi connectivity index (χ3v) is 5.49. The number of thiazole rings is 1. The average molecular weight is 307 g/mol. The van der Waals surface area contributed by atoms with Crippen LogP contribution in [0.25, 0.3) is 0 Å². The Bertz CT molecular complexity index is 549. The Morgan fingerprint density at radius 3 is 2.76 bits per heavy atom. The summed E-state index contributed by atoms with van der Waals surface area (Å²) in [4.78, 5) is 32.2. The first-order chi connectivity index (χ1) is 10.1. The molecule has 1 aromatic heterocycles. The standard InChI is InChI=1S/C15H21N3O2S/c1-11-12(21-10-16-11)9-18-8-5-13(19)17-15(14(18)20)6-3-2-4-7-15/h10H,2-9H2,1H3,(H,17,19). The van der Waals surface area contributed by atoms with Gasteiger partial charge in [0.1, 0.15) is 5.54 Å². The van der Waals surface area contributed by atoms with Crippen molar-refractivity contribution in [3.8, 4) is 0 Å². The van der Waals surface area contributed by atoms with E-state index >= 15 is 0 Å². The van der Waals surface area contributed by atoms with Crippen LogP contribution in [0.3, 0.4) is 0 Å². The number of carbonyl (C=O) groups is 2. The second kappa shape index (κ2) is 5.75. The quantitative estimate of drug-likeness (QED) is 0.909. The van der Waals surface area contributed by atoms with Gasteiger partial charge >= 0.3 is 0 Å². The van der Waals surface area contributed by atoms with Crippen LogP contribution in [0.4, 0.5) is 0 Å². The van der Waals surface area contributed by atoms with Crippen molar-refractivity contribution in [2.24, 2.45) is 0 Å². The molecule has 1 saturated carbocycles. The zero-order valence-electron chi connectivity index (χ0n) is 12.4. The number of hydrogen-bond donors (Lipinski definition) is 1. The van der Waals surface area contributed by atoms with Crippen LogP contribution in [0.2, 0.25) is 0 Å². The van der Waals surface area contributed by atoms with Crippen molar-refractivity contribution < 1.29 is 9.59 Å². The SMILES string of the molecule is Cc1ncsc1CN1CCC(=O)NC2(CCCCC2)C1=O. The molecule has 2 aliphatic rings. The highest BCUT2D eigenvalue weighted by molar-refractivity contribution is 7.09. The molecule has 2 fully saturated rings. The van der Waals surface area contributed by atoms with Gasteiger partial charge in [-0.1, -0.05) is 19.3 Å². The predicted octanol–water partition coefficient (Wildman–Crippen LogP) is 2.00. The Morgan fingerprint density at radius 2 is 2.10 bits per heavy atom. The van der Waals surface area contributed by atoms with E-state index < -0.39 is 5.54 Å². The molecular formula is C15H21N3O2S. The highest BCUT2D eigenvalue weighted by Gasteiger charge is 2.45. The number of carbonyl (C=O) groups excluding carboxylic acids is 2. The highest BCUT2D eigenvalue weighted by atomic mass is 32.1. The lowest BCUT2D eigenvalue weighted by molar-refractivity contribution is -0.140. The van der Waals surface area contributed by atoms with Crippen LogP contribution in [0.5, 0.6) is 0 Å². The van der Waals surface area contributed by atoms with Gasteiger partial charge in [-0.15, -0.1) is 11.3 Å². The van der Waals surface area contributed by atoms with Crippen molar-refractivity contribution in [2.75, 3.05) is 6.54 Å². The molecule has 0 bridgehead atoms. The van der Waals surface area contributed by atoms with E-state index in [1.807, 2.05) is 17.3 Å².